The molecule has 0 bridgehead atoms. The number of nitrogens with one attached hydrogen (secondary N) is 2. The van der Waals surface area contributed by atoms with Crippen LogP contribution in [0.2, 0.25) is 0 Å². The molecule has 0 radical (unpaired) electrons. The highest BCUT2D eigenvalue weighted by atomic mass is 16.3. The zero-order valence-electron chi connectivity index (χ0n) is 12.7. The van der Waals surface area contributed by atoms with Gasteiger partial charge in [-0.3, -0.25) is 4.79 Å². The number of rotatable bonds is 3. The van der Waals surface area contributed by atoms with Crippen molar-refractivity contribution in [3.05, 3.63) is 29.3 Å². The monoisotopic (exact) mass is 276 g/mol. The van der Waals surface area contributed by atoms with Crippen LogP contribution in [0.15, 0.2) is 18.2 Å². The number of hydrogen-bond donors (Lipinski definition) is 3. The van der Waals surface area contributed by atoms with Crippen molar-refractivity contribution in [3.8, 4) is 0 Å². The third-order valence-corrected chi connectivity index (χ3v) is 4.30. The molecular formula is C16H24N2O2. The second kappa shape index (κ2) is 5.09. The largest absolute Gasteiger partial charge is 0.388 e. The molecular weight excluding hydrogens is 252 g/mol. The molecule has 4 nitrogen and oxygen atoms in total. The van der Waals surface area contributed by atoms with Crippen molar-refractivity contribution >= 4 is 11.6 Å². The van der Waals surface area contributed by atoms with Crippen molar-refractivity contribution < 1.29 is 9.90 Å². The van der Waals surface area contributed by atoms with E-state index < -0.39 is 11.1 Å². The number of amides is 1. The lowest BCUT2D eigenvalue weighted by molar-refractivity contribution is -0.00294. The van der Waals surface area contributed by atoms with E-state index in [2.05, 4.69) is 10.6 Å². The fourth-order valence-corrected chi connectivity index (χ4v) is 2.23. The maximum Gasteiger partial charge on any atom is 0.252 e. The molecule has 110 valence electrons. The van der Waals surface area contributed by atoms with Crippen LogP contribution in [0.3, 0.4) is 0 Å². The van der Waals surface area contributed by atoms with E-state index in [1.807, 2.05) is 32.0 Å². The van der Waals surface area contributed by atoms with Gasteiger partial charge in [0.2, 0.25) is 0 Å². The van der Waals surface area contributed by atoms with Gasteiger partial charge in [-0.1, -0.05) is 6.07 Å². The Bertz CT molecular complexity index is 516. The summed E-state index contributed by atoms with van der Waals surface area (Å²) in [7, 11) is 0. The lowest BCUT2D eigenvalue weighted by atomic mass is 9.85. The highest BCUT2D eigenvalue weighted by molar-refractivity contribution is 5.97. The normalized spacial score (nSPS) is 15.2. The van der Waals surface area contributed by atoms with Crippen LogP contribution in [-0.4, -0.2) is 28.7 Å². The second-order valence-electron chi connectivity index (χ2n) is 6.50. The van der Waals surface area contributed by atoms with Crippen LogP contribution >= 0.6 is 0 Å². The van der Waals surface area contributed by atoms with E-state index in [4.69, 9.17) is 0 Å². The molecule has 0 fully saturated rings. The highest BCUT2D eigenvalue weighted by Crippen LogP contribution is 2.27. The van der Waals surface area contributed by atoms with E-state index in [1.165, 1.54) is 0 Å². The van der Waals surface area contributed by atoms with Crippen LogP contribution in [0.1, 0.15) is 50.0 Å². The average molecular weight is 276 g/mol. The Hall–Kier alpha value is -1.55. The van der Waals surface area contributed by atoms with Gasteiger partial charge >= 0.3 is 0 Å². The van der Waals surface area contributed by atoms with Gasteiger partial charge in [-0.05, 0) is 58.2 Å². The molecule has 1 aliphatic rings. The molecule has 1 aromatic carbocycles. The summed E-state index contributed by atoms with van der Waals surface area (Å²) in [5.41, 5.74) is 1.13. The summed E-state index contributed by atoms with van der Waals surface area (Å²) in [5.74, 6) is -0.127. The zero-order chi connectivity index (χ0) is 15.0. The van der Waals surface area contributed by atoms with Gasteiger partial charge in [-0.2, -0.15) is 0 Å². The smallest absolute Gasteiger partial charge is 0.252 e. The van der Waals surface area contributed by atoms with E-state index in [0.717, 1.165) is 30.6 Å². The molecule has 3 N–H and O–H groups in total. The number of carbonyl (C=O) groups excluding carboxylic acids is 1. The van der Waals surface area contributed by atoms with Gasteiger partial charge in [0.05, 0.1) is 11.1 Å². The summed E-state index contributed by atoms with van der Waals surface area (Å²) in [6.07, 6.45) is 1.95. The van der Waals surface area contributed by atoms with Crippen LogP contribution in [-0.2, 0) is 6.42 Å². The second-order valence-corrected chi connectivity index (χ2v) is 6.50. The van der Waals surface area contributed by atoms with Gasteiger partial charge in [-0.15, -0.1) is 0 Å². The first-order chi connectivity index (χ1) is 9.22. The first-order valence-electron chi connectivity index (χ1n) is 7.13. The predicted octanol–water partition coefficient (Wildman–Crippen LogP) is 2.32. The van der Waals surface area contributed by atoms with E-state index in [9.17, 15) is 9.90 Å². The Morgan fingerprint density at radius 2 is 2.00 bits per heavy atom. The van der Waals surface area contributed by atoms with E-state index in [-0.39, 0.29) is 5.91 Å². The standard InChI is InChI=1S/C16H24N2O2/c1-15(2,16(3,4)20)18-14(19)12-7-5-9-13-11(12)8-6-10-17-13/h5,7,9,17,20H,6,8,10H2,1-4H3,(H,18,19). The molecule has 0 atom stereocenters. The molecule has 1 heterocycles. The number of benzene rings is 1. The fraction of sp³-hybridized carbons (Fsp3) is 0.562. The van der Waals surface area contributed by atoms with Gasteiger partial charge in [0.1, 0.15) is 0 Å². The summed E-state index contributed by atoms with van der Waals surface area (Å²) in [4.78, 5) is 12.5. The molecule has 0 saturated carbocycles. The summed E-state index contributed by atoms with van der Waals surface area (Å²) < 4.78 is 0. The summed E-state index contributed by atoms with van der Waals surface area (Å²) in [5, 5.41) is 16.4. The molecule has 4 heteroatoms. The summed E-state index contributed by atoms with van der Waals surface area (Å²) >= 11 is 0. The number of aliphatic hydroxyl groups is 1. The molecule has 0 spiro atoms. The van der Waals surface area contributed by atoms with E-state index in [0.29, 0.717) is 5.56 Å². The number of carbonyl (C=O) groups is 1. The number of hydrogen-bond acceptors (Lipinski definition) is 3. The van der Waals surface area contributed by atoms with Crippen LogP contribution < -0.4 is 10.6 Å². The Morgan fingerprint density at radius 3 is 2.65 bits per heavy atom. The van der Waals surface area contributed by atoms with Crippen molar-refractivity contribution in [2.45, 2.75) is 51.7 Å². The van der Waals surface area contributed by atoms with Gasteiger partial charge in [-0.25, -0.2) is 0 Å². The Balaban J connectivity index is 2.27. The lowest BCUT2D eigenvalue weighted by Gasteiger charge is -2.38. The SMILES string of the molecule is CC(C)(O)C(C)(C)NC(=O)c1cccc2c1CCCN2. The van der Waals surface area contributed by atoms with Gasteiger partial charge < -0.3 is 15.7 Å². The van der Waals surface area contributed by atoms with E-state index >= 15 is 0 Å². The van der Waals surface area contributed by atoms with Crippen molar-refractivity contribution in [1.29, 1.82) is 0 Å². The molecule has 0 unspecified atom stereocenters. The molecule has 1 amide bonds. The summed E-state index contributed by atoms with van der Waals surface area (Å²) in [6.45, 7) is 8.02. The molecule has 0 aromatic heterocycles. The number of anilines is 1. The molecule has 0 aliphatic carbocycles. The first kappa shape index (κ1) is 14.9. The minimum absolute atomic E-state index is 0.127. The topological polar surface area (TPSA) is 61.4 Å². The highest BCUT2D eigenvalue weighted by Gasteiger charge is 2.37. The Morgan fingerprint density at radius 1 is 1.30 bits per heavy atom. The third kappa shape index (κ3) is 2.80. The Labute approximate surface area is 120 Å². The van der Waals surface area contributed by atoms with Crippen LogP contribution in [0.5, 0.6) is 0 Å². The quantitative estimate of drug-likeness (QED) is 0.794. The maximum absolute atomic E-state index is 12.5. The molecule has 20 heavy (non-hydrogen) atoms. The predicted molar refractivity (Wildman–Crippen MR) is 81.1 cm³/mol. The van der Waals surface area contributed by atoms with E-state index in [1.54, 1.807) is 13.8 Å². The Kier molecular flexibility index (Phi) is 3.78. The number of fused-ring (bicyclic) bond motifs is 1. The lowest BCUT2D eigenvalue weighted by Crippen LogP contribution is -2.57. The average Bonchev–Trinajstić information content (AvgIpc) is 2.36. The van der Waals surface area contributed by atoms with Gasteiger partial charge in [0.15, 0.2) is 0 Å². The minimum Gasteiger partial charge on any atom is -0.388 e. The van der Waals surface area contributed by atoms with Gasteiger partial charge in [0, 0.05) is 17.8 Å². The third-order valence-electron chi connectivity index (χ3n) is 4.30. The van der Waals surface area contributed by atoms with Crippen molar-refractivity contribution in [2.75, 3.05) is 11.9 Å². The van der Waals surface area contributed by atoms with Crippen LogP contribution in [0.4, 0.5) is 5.69 Å². The van der Waals surface area contributed by atoms with Crippen molar-refractivity contribution in [2.24, 2.45) is 0 Å². The van der Waals surface area contributed by atoms with Gasteiger partial charge in [0.25, 0.3) is 5.91 Å². The maximum atomic E-state index is 12.5. The van der Waals surface area contributed by atoms with Crippen molar-refractivity contribution in [3.63, 3.8) is 0 Å². The molecule has 1 aliphatic heterocycles. The minimum atomic E-state index is -0.990. The molecule has 2 rings (SSSR count). The fourth-order valence-electron chi connectivity index (χ4n) is 2.23. The van der Waals surface area contributed by atoms with Crippen molar-refractivity contribution in [1.82, 2.24) is 5.32 Å². The molecule has 0 saturated heterocycles. The first-order valence-corrected chi connectivity index (χ1v) is 7.13. The van der Waals surface area contributed by atoms with Crippen LogP contribution in [0, 0.1) is 0 Å². The zero-order valence-corrected chi connectivity index (χ0v) is 12.7. The molecule has 1 aromatic rings. The van der Waals surface area contributed by atoms with Crippen LogP contribution in [0.25, 0.3) is 0 Å². The summed E-state index contributed by atoms with van der Waals surface area (Å²) in [6, 6.07) is 5.75.